The smallest absolute Gasteiger partial charge is 0.257 e. The third-order valence-electron chi connectivity index (χ3n) is 4.26. The predicted molar refractivity (Wildman–Crippen MR) is 108 cm³/mol. The van der Waals surface area contributed by atoms with E-state index in [1.165, 1.54) is 32.7 Å². The first-order valence-corrected chi connectivity index (χ1v) is 9.38. The van der Waals surface area contributed by atoms with Crippen molar-refractivity contribution in [2.75, 3.05) is 26.6 Å². The van der Waals surface area contributed by atoms with Crippen molar-refractivity contribution in [2.45, 2.75) is 12.8 Å². The van der Waals surface area contributed by atoms with Crippen LogP contribution in [0.4, 0.5) is 5.13 Å². The van der Waals surface area contributed by atoms with E-state index in [4.69, 9.17) is 14.2 Å². The zero-order valence-electron chi connectivity index (χ0n) is 16.1. The Morgan fingerprint density at radius 2 is 1.64 bits per heavy atom. The van der Waals surface area contributed by atoms with Crippen LogP contribution in [0.5, 0.6) is 17.2 Å². The first-order chi connectivity index (χ1) is 13.6. The molecule has 0 fully saturated rings. The Kier molecular flexibility index (Phi) is 6.10. The summed E-state index contributed by atoms with van der Waals surface area (Å²) >= 11 is 1.35. The Hall–Kier alpha value is -3.13. The topological polar surface area (TPSA) is 82.6 Å². The highest BCUT2D eigenvalue weighted by Crippen LogP contribution is 2.38. The van der Waals surface area contributed by atoms with Gasteiger partial charge in [-0.1, -0.05) is 48.6 Å². The molecule has 1 heterocycles. The van der Waals surface area contributed by atoms with E-state index in [-0.39, 0.29) is 11.8 Å². The average molecular weight is 399 g/mol. The zero-order chi connectivity index (χ0) is 20.1. The molecule has 8 heteroatoms. The summed E-state index contributed by atoms with van der Waals surface area (Å²) in [7, 11) is 4.51. The van der Waals surface area contributed by atoms with Gasteiger partial charge in [-0.05, 0) is 17.7 Å². The first-order valence-electron chi connectivity index (χ1n) is 8.57. The van der Waals surface area contributed by atoms with Crippen LogP contribution in [0.1, 0.15) is 33.8 Å². The van der Waals surface area contributed by atoms with E-state index in [2.05, 4.69) is 22.4 Å². The van der Waals surface area contributed by atoms with Gasteiger partial charge in [0.1, 0.15) is 5.01 Å². The first kappa shape index (κ1) is 19.6. The van der Waals surface area contributed by atoms with E-state index in [0.717, 1.165) is 10.6 Å². The van der Waals surface area contributed by atoms with E-state index in [9.17, 15) is 4.79 Å². The monoisotopic (exact) mass is 399 g/mol. The Morgan fingerprint density at radius 3 is 2.21 bits per heavy atom. The molecule has 7 nitrogen and oxygen atoms in total. The SMILES string of the molecule is COc1cc(C(=O)Nc2nnc(C(C)c3ccccc3)s2)cc(OC)c1OC. The number of nitrogens with one attached hydrogen (secondary N) is 1. The van der Waals surface area contributed by atoms with Gasteiger partial charge in [-0.15, -0.1) is 10.2 Å². The second kappa shape index (κ2) is 8.71. The molecule has 1 amide bonds. The van der Waals surface area contributed by atoms with Crippen molar-refractivity contribution >= 4 is 22.4 Å². The van der Waals surface area contributed by atoms with Gasteiger partial charge < -0.3 is 14.2 Å². The van der Waals surface area contributed by atoms with Crippen molar-refractivity contribution < 1.29 is 19.0 Å². The normalized spacial score (nSPS) is 11.6. The van der Waals surface area contributed by atoms with E-state index >= 15 is 0 Å². The number of hydrogen-bond donors (Lipinski definition) is 1. The summed E-state index contributed by atoms with van der Waals surface area (Å²) in [5.74, 6) is 0.988. The van der Waals surface area contributed by atoms with Crippen LogP contribution < -0.4 is 19.5 Å². The van der Waals surface area contributed by atoms with Crippen molar-refractivity contribution in [2.24, 2.45) is 0 Å². The van der Waals surface area contributed by atoms with E-state index < -0.39 is 0 Å². The fraction of sp³-hybridized carbons (Fsp3) is 0.250. The second-order valence-corrected chi connectivity index (χ2v) is 6.96. The number of benzene rings is 2. The molecule has 0 aliphatic rings. The minimum absolute atomic E-state index is 0.0885. The summed E-state index contributed by atoms with van der Waals surface area (Å²) in [6.45, 7) is 2.06. The number of methoxy groups -OCH3 is 3. The highest BCUT2D eigenvalue weighted by atomic mass is 32.1. The van der Waals surface area contributed by atoms with Gasteiger partial charge >= 0.3 is 0 Å². The molecule has 0 saturated heterocycles. The summed E-state index contributed by atoms with van der Waals surface area (Å²) in [4.78, 5) is 12.7. The maximum atomic E-state index is 12.7. The summed E-state index contributed by atoms with van der Waals surface area (Å²) in [5, 5.41) is 12.3. The van der Waals surface area contributed by atoms with Crippen molar-refractivity contribution in [1.82, 2.24) is 10.2 Å². The van der Waals surface area contributed by atoms with Crippen molar-refractivity contribution in [3.05, 3.63) is 58.6 Å². The molecule has 146 valence electrons. The molecule has 0 spiro atoms. The van der Waals surface area contributed by atoms with Crippen LogP contribution in [0.3, 0.4) is 0 Å². The number of aromatic nitrogens is 2. The standard InChI is InChI=1S/C20H21N3O4S/c1-12(13-8-6-5-7-9-13)19-22-23-20(28-19)21-18(24)14-10-15(25-2)17(27-4)16(11-14)26-3/h5-12H,1-4H3,(H,21,23,24). The van der Waals surface area contributed by atoms with Crippen LogP contribution >= 0.6 is 11.3 Å². The Bertz CT molecular complexity index is 934. The summed E-state index contributed by atoms with van der Waals surface area (Å²) in [5.41, 5.74) is 1.50. The average Bonchev–Trinajstić information content (AvgIpc) is 3.20. The van der Waals surface area contributed by atoms with Crippen LogP contribution in [-0.2, 0) is 0 Å². The highest BCUT2D eigenvalue weighted by molar-refractivity contribution is 7.15. The van der Waals surface area contributed by atoms with Gasteiger partial charge in [-0.3, -0.25) is 10.1 Å². The fourth-order valence-corrected chi connectivity index (χ4v) is 3.54. The lowest BCUT2D eigenvalue weighted by atomic mass is 10.0. The van der Waals surface area contributed by atoms with Gasteiger partial charge in [0.15, 0.2) is 11.5 Å². The highest BCUT2D eigenvalue weighted by Gasteiger charge is 2.19. The second-order valence-electron chi connectivity index (χ2n) is 5.95. The molecule has 1 atom stereocenters. The minimum atomic E-state index is -0.339. The molecule has 1 N–H and O–H groups in total. The molecule has 0 aliphatic heterocycles. The van der Waals surface area contributed by atoms with Crippen LogP contribution in [-0.4, -0.2) is 37.4 Å². The number of carbonyl (C=O) groups is 1. The number of anilines is 1. The van der Waals surface area contributed by atoms with E-state index in [1.54, 1.807) is 12.1 Å². The third kappa shape index (κ3) is 4.07. The molecule has 3 rings (SSSR count). The molecular formula is C20H21N3O4S. The zero-order valence-corrected chi connectivity index (χ0v) is 16.9. The maximum Gasteiger partial charge on any atom is 0.257 e. The largest absolute Gasteiger partial charge is 0.493 e. The number of ether oxygens (including phenoxy) is 3. The molecule has 0 bridgehead atoms. The molecule has 0 saturated carbocycles. The molecular weight excluding hydrogens is 378 g/mol. The van der Waals surface area contributed by atoms with E-state index in [1.807, 2.05) is 30.3 Å². The number of carbonyl (C=O) groups excluding carboxylic acids is 1. The lowest BCUT2D eigenvalue weighted by Gasteiger charge is -2.13. The summed E-state index contributed by atoms with van der Waals surface area (Å²) in [6, 6.07) is 13.2. The van der Waals surface area contributed by atoms with Crippen molar-refractivity contribution in [1.29, 1.82) is 0 Å². The number of hydrogen-bond acceptors (Lipinski definition) is 7. The quantitative estimate of drug-likeness (QED) is 0.647. The van der Waals surface area contributed by atoms with Gasteiger partial charge in [0.05, 0.1) is 21.3 Å². The number of amides is 1. The lowest BCUT2D eigenvalue weighted by molar-refractivity contribution is 0.102. The molecule has 1 aromatic heterocycles. The van der Waals surface area contributed by atoms with Crippen LogP contribution in [0.15, 0.2) is 42.5 Å². The molecule has 28 heavy (non-hydrogen) atoms. The van der Waals surface area contributed by atoms with Crippen LogP contribution in [0.25, 0.3) is 0 Å². The fourth-order valence-electron chi connectivity index (χ4n) is 2.73. The van der Waals surface area contributed by atoms with Gasteiger partial charge in [0.25, 0.3) is 5.91 Å². The van der Waals surface area contributed by atoms with Gasteiger partial charge in [0.2, 0.25) is 10.9 Å². The van der Waals surface area contributed by atoms with Gasteiger partial charge in [-0.25, -0.2) is 0 Å². The summed E-state index contributed by atoms with van der Waals surface area (Å²) < 4.78 is 15.9. The summed E-state index contributed by atoms with van der Waals surface area (Å²) in [6.07, 6.45) is 0. The van der Waals surface area contributed by atoms with Gasteiger partial charge in [0, 0.05) is 11.5 Å². The number of nitrogens with zero attached hydrogens (tertiary/aromatic N) is 2. The van der Waals surface area contributed by atoms with Crippen molar-refractivity contribution in [3.63, 3.8) is 0 Å². The molecule has 0 radical (unpaired) electrons. The van der Waals surface area contributed by atoms with E-state index in [0.29, 0.717) is 27.9 Å². The molecule has 3 aromatic rings. The Balaban J connectivity index is 1.80. The van der Waals surface area contributed by atoms with Crippen molar-refractivity contribution in [3.8, 4) is 17.2 Å². The maximum absolute atomic E-state index is 12.7. The minimum Gasteiger partial charge on any atom is -0.493 e. The van der Waals surface area contributed by atoms with Gasteiger partial charge in [-0.2, -0.15) is 0 Å². The third-order valence-corrected chi connectivity index (χ3v) is 5.28. The molecule has 1 unspecified atom stereocenters. The van der Waals surface area contributed by atoms with Crippen LogP contribution in [0.2, 0.25) is 0 Å². The molecule has 2 aromatic carbocycles. The van der Waals surface area contributed by atoms with Crippen LogP contribution in [0, 0.1) is 0 Å². The number of rotatable bonds is 7. The predicted octanol–water partition coefficient (Wildman–Crippen LogP) is 3.97. The Labute approximate surface area is 167 Å². The Morgan fingerprint density at radius 1 is 1.00 bits per heavy atom. The molecule has 0 aliphatic carbocycles. The lowest BCUT2D eigenvalue weighted by Crippen LogP contribution is -2.12.